The van der Waals surface area contributed by atoms with Gasteiger partial charge in [-0.1, -0.05) is 30.4 Å². The Morgan fingerprint density at radius 3 is 2.55 bits per heavy atom. The van der Waals surface area contributed by atoms with E-state index >= 15 is 0 Å². The highest BCUT2D eigenvalue weighted by molar-refractivity contribution is 6.03. The molecule has 0 saturated carbocycles. The summed E-state index contributed by atoms with van der Waals surface area (Å²) < 4.78 is 38.7. The Labute approximate surface area is 123 Å². The topological polar surface area (TPSA) is 57.6 Å². The third kappa shape index (κ3) is 2.08. The van der Waals surface area contributed by atoms with E-state index in [1.807, 2.05) is 0 Å². The quantitative estimate of drug-likeness (QED) is 0.811. The molecule has 22 heavy (non-hydrogen) atoms. The summed E-state index contributed by atoms with van der Waals surface area (Å²) in [6.07, 6.45) is -1.24. The van der Waals surface area contributed by atoms with Crippen LogP contribution in [-0.4, -0.2) is 29.2 Å². The number of halogens is 3. The van der Waals surface area contributed by atoms with Gasteiger partial charge in [0, 0.05) is 17.5 Å². The van der Waals surface area contributed by atoms with Crippen molar-refractivity contribution in [1.82, 2.24) is 0 Å². The number of anilines is 1. The van der Waals surface area contributed by atoms with Crippen LogP contribution in [0, 0.1) is 5.92 Å². The number of amides is 1. The van der Waals surface area contributed by atoms with Crippen LogP contribution in [0.4, 0.5) is 18.9 Å². The number of carboxylic acid groups (broad SMARTS) is 1. The highest BCUT2D eigenvalue weighted by atomic mass is 19.4. The second-order valence-corrected chi connectivity index (χ2v) is 5.37. The van der Waals surface area contributed by atoms with Crippen molar-refractivity contribution in [2.75, 3.05) is 4.90 Å². The Bertz CT molecular complexity index is 668. The Morgan fingerprint density at radius 1 is 1.23 bits per heavy atom. The third-order valence-electron chi connectivity index (χ3n) is 4.17. The lowest BCUT2D eigenvalue weighted by Crippen LogP contribution is -2.56. The first kappa shape index (κ1) is 14.6. The highest BCUT2D eigenvalue weighted by Gasteiger charge is 2.53. The SMILES string of the molecule is O=C(O)[C@H]1[C@H]2CC=C[C@H]2c2ccccc2N1C(=O)C(F)(F)F. The minimum atomic E-state index is -5.13. The van der Waals surface area contributed by atoms with Gasteiger partial charge in [-0.05, 0) is 18.1 Å². The van der Waals surface area contributed by atoms with E-state index in [0.29, 0.717) is 16.9 Å². The number of alkyl halides is 3. The van der Waals surface area contributed by atoms with Crippen LogP contribution in [0.5, 0.6) is 0 Å². The summed E-state index contributed by atoms with van der Waals surface area (Å²) in [5.41, 5.74) is 0.571. The summed E-state index contributed by atoms with van der Waals surface area (Å²) in [7, 11) is 0. The number of carbonyl (C=O) groups is 2. The predicted octanol–water partition coefficient (Wildman–Crippen LogP) is 2.71. The van der Waals surface area contributed by atoms with E-state index in [1.54, 1.807) is 24.3 Å². The monoisotopic (exact) mass is 311 g/mol. The molecule has 2 aliphatic rings. The Balaban J connectivity index is 2.19. The fraction of sp³-hybridized carbons (Fsp3) is 0.333. The molecule has 1 heterocycles. The molecule has 1 aromatic carbocycles. The van der Waals surface area contributed by atoms with Gasteiger partial charge in [0.1, 0.15) is 6.04 Å². The lowest BCUT2D eigenvalue weighted by molar-refractivity contribution is -0.172. The van der Waals surface area contributed by atoms with Crippen LogP contribution < -0.4 is 4.90 Å². The fourth-order valence-electron chi connectivity index (χ4n) is 3.33. The molecular formula is C15H12F3NO3. The lowest BCUT2D eigenvalue weighted by Gasteiger charge is -2.42. The summed E-state index contributed by atoms with van der Waals surface area (Å²) in [5, 5.41) is 9.41. The van der Waals surface area contributed by atoms with E-state index in [0.717, 1.165) is 0 Å². The molecule has 1 aliphatic carbocycles. The standard InChI is InChI=1S/C15H12F3NO3/c16-15(17,18)14(22)19-11-7-2-1-4-9(11)8-5-3-6-10(8)12(19)13(20)21/h1-5,7-8,10,12H,6H2,(H,20,21)/t8-,10-,12+/m0/s1. The zero-order valence-corrected chi connectivity index (χ0v) is 11.2. The molecule has 7 heteroatoms. The van der Waals surface area contributed by atoms with Crippen LogP contribution in [0.3, 0.4) is 0 Å². The number of hydrogen-bond acceptors (Lipinski definition) is 2. The summed E-state index contributed by atoms with van der Waals surface area (Å²) >= 11 is 0. The van der Waals surface area contributed by atoms with Crippen molar-refractivity contribution in [2.45, 2.75) is 24.6 Å². The van der Waals surface area contributed by atoms with Gasteiger partial charge in [0.25, 0.3) is 0 Å². The van der Waals surface area contributed by atoms with Crippen molar-refractivity contribution in [2.24, 2.45) is 5.92 Å². The molecule has 0 bridgehead atoms. The largest absolute Gasteiger partial charge is 0.480 e. The van der Waals surface area contributed by atoms with Gasteiger partial charge in [-0.2, -0.15) is 13.2 Å². The Hall–Kier alpha value is -2.31. The number of allylic oxidation sites excluding steroid dienone is 2. The molecule has 1 aromatic rings. The van der Waals surface area contributed by atoms with Gasteiger partial charge in [0.05, 0.1) is 0 Å². The number of aliphatic carboxylic acids is 1. The van der Waals surface area contributed by atoms with Crippen molar-refractivity contribution in [1.29, 1.82) is 0 Å². The van der Waals surface area contributed by atoms with Gasteiger partial charge >= 0.3 is 18.1 Å². The van der Waals surface area contributed by atoms with Gasteiger partial charge in [0.15, 0.2) is 0 Å². The third-order valence-corrected chi connectivity index (χ3v) is 4.17. The highest BCUT2D eigenvalue weighted by Crippen LogP contribution is 2.48. The van der Waals surface area contributed by atoms with Crippen LogP contribution in [0.1, 0.15) is 17.9 Å². The average Bonchev–Trinajstić information content (AvgIpc) is 2.92. The second kappa shape index (κ2) is 4.86. The van der Waals surface area contributed by atoms with E-state index in [4.69, 9.17) is 0 Å². The van der Waals surface area contributed by atoms with E-state index in [-0.39, 0.29) is 11.6 Å². The molecule has 3 rings (SSSR count). The van der Waals surface area contributed by atoms with E-state index in [2.05, 4.69) is 0 Å². The molecule has 116 valence electrons. The van der Waals surface area contributed by atoms with Gasteiger partial charge in [-0.15, -0.1) is 0 Å². The number of carbonyl (C=O) groups excluding carboxylic acids is 1. The molecule has 3 atom stereocenters. The minimum Gasteiger partial charge on any atom is -0.480 e. The Morgan fingerprint density at radius 2 is 1.91 bits per heavy atom. The molecule has 0 spiro atoms. The molecule has 0 aromatic heterocycles. The molecule has 0 saturated heterocycles. The predicted molar refractivity (Wildman–Crippen MR) is 71.4 cm³/mol. The zero-order chi connectivity index (χ0) is 16.1. The smallest absolute Gasteiger partial charge is 0.471 e. The molecule has 1 aliphatic heterocycles. The van der Waals surface area contributed by atoms with E-state index in [1.165, 1.54) is 12.1 Å². The maximum atomic E-state index is 12.9. The number of nitrogens with zero attached hydrogens (tertiary/aromatic N) is 1. The average molecular weight is 311 g/mol. The summed E-state index contributed by atoms with van der Waals surface area (Å²) in [5.74, 6) is -4.43. The normalized spacial score (nSPS) is 26.5. The van der Waals surface area contributed by atoms with Crippen LogP contribution in [0.2, 0.25) is 0 Å². The van der Waals surface area contributed by atoms with Crippen LogP contribution in [0.25, 0.3) is 0 Å². The van der Waals surface area contributed by atoms with E-state index in [9.17, 15) is 27.9 Å². The number of fused-ring (bicyclic) bond motifs is 3. The maximum absolute atomic E-state index is 12.9. The first-order valence-corrected chi connectivity index (χ1v) is 6.71. The van der Waals surface area contributed by atoms with Crippen LogP contribution >= 0.6 is 0 Å². The first-order chi connectivity index (χ1) is 10.3. The molecule has 1 amide bonds. The molecule has 0 unspecified atom stereocenters. The molecule has 0 radical (unpaired) electrons. The number of hydrogen-bond donors (Lipinski definition) is 1. The van der Waals surface area contributed by atoms with Crippen molar-refractivity contribution in [3.63, 3.8) is 0 Å². The number of benzene rings is 1. The van der Waals surface area contributed by atoms with Crippen molar-refractivity contribution >= 4 is 17.6 Å². The molecule has 0 fully saturated rings. The zero-order valence-electron chi connectivity index (χ0n) is 11.2. The Kier molecular flexibility index (Phi) is 3.23. The number of carboxylic acids is 1. The molecule has 1 N–H and O–H groups in total. The molecule has 4 nitrogen and oxygen atoms in total. The minimum absolute atomic E-state index is 0.0185. The number of rotatable bonds is 1. The van der Waals surface area contributed by atoms with Gasteiger partial charge in [0.2, 0.25) is 0 Å². The second-order valence-electron chi connectivity index (χ2n) is 5.37. The number of para-hydroxylation sites is 1. The van der Waals surface area contributed by atoms with Crippen molar-refractivity contribution in [3.8, 4) is 0 Å². The molecular weight excluding hydrogens is 299 g/mol. The van der Waals surface area contributed by atoms with Crippen molar-refractivity contribution < 1.29 is 27.9 Å². The van der Waals surface area contributed by atoms with Crippen molar-refractivity contribution in [3.05, 3.63) is 42.0 Å². The summed E-state index contributed by atoms with van der Waals surface area (Å²) in [6, 6.07) is 4.63. The van der Waals surface area contributed by atoms with Crippen LogP contribution in [-0.2, 0) is 9.59 Å². The maximum Gasteiger partial charge on any atom is 0.471 e. The first-order valence-electron chi connectivity index (χ1n) is 6.71. The lowest BCUT2D eigenvalue weighted by atomic mass is 9.78. The van der Waals surface area contributed by atoms with Gasteiger partial charge in [-0.25, -0.2) is 4.79 Å². The fourth-order valence-corrected chi connectivity index (χ4v) is 3.33. The van der Waals surface area contributed by atoms with Gasteiger partial charge in [-0.3, -0.25) is 9.69 Å². The summed E-state index contributed by atoms with van der Waals surface area (Å²) in [4.78, 5) is 23.8. The van der Waals surface area contributed by atoms with Gasteiger partial charge < -0.3 is 5.11 Å². The van der Waals surface area contributed by atoms with Crippen LogP contribution in [0.15, 0.2) is 36.4 Å². The van der Waals surface area contributed by atoms with E-state index < -0.39 is 30.0 Å². The summed E-state index contributed by atoms with van der Waals surface area (Å²) in [6.45, 7) is 0.